The number of carboxylic acid groups (broad SMARTS) is 1. The summed E-state index contributed by atoms with van der Waals surface area (Å²) in [6, 6.07) is 0. The lowest BCUT2D eigenvalue weighted by atomic mass is 10.2. The van der Waals surface area contributed by atoms with E-state index in [1.807, 2.05) is 5.38 Å². The molecule has 1 aliphatic rings. The molecule has 0 unspecified atom stereocenters. The van der Waals surface area contributed by atoms with E-state index in [1.165, 1.54) is 0 Å². The number of hydrogen-bond donors (Lipinski definition) is 2. The minimum absolute atomic E-state index is 0.157. The van der Waals surface area contributed by atoms with Gasteiger partial charge in [-0.15, -0.1) is 11.3 Å². The minimum Gasteiger partial charge on any atom is -0.481 e. The van der Waals surface area contributed by atoms with Crippen LogP contribution in [0, 0.1) is 0 Å². The van der Waals surface area contributed by atoms with Crippen molar-refractivity contribution in [2.75, 3.05) is 31.1 Å². The van der Waals surface area contributed by atoms with Crippen LogP contribution in [0.3, 0.4) is 0 Å². The van der Waals surface area contributed by atoms with Gasteiger partial charge in [-0.3, -0.25) is 4.79 Å². The van der Waals surface area contributed by atoms with E-state index < -0.39 is 5.97 Å². The molecule has 94 valence electrons. The Morgan fingerprint density at radius 2 is 2.41 bits per heavy atom. The zero-order chi connectivity index (χ0) is 12.1. The molecule has 1 aliphatic heterocycles. The largest absolute Gasteiger partial charge is 0.481 e. The molecule has 2 heterocycles. The van der Waals surface area contributed by atoms with Gasteiger partial charge in [0, 0.05) is 31.4 Å². The van der Waals surface area contributed by atoms with E-state index in [2.05, 4.69) is 15.2 Å². The summed E-state index contributed by atoms with van der Waals surface area (Å²) < 4.78 is 0. The summed E-state index contributed by atoms with van der Waals surface area (Å²) in [5.41, 5.74) is 0.893. The number of aryl methyl sites for hydroxylation is 1. The first kappa shape index (κ1) is 12.3. The summed E-state index contributed by atoms with van der Waals surface area (Å²) >= 11 is 1.61. The zero-order valence-electron chi connectivity index (χ0n) is 9.69. The van der Waals surface area contributed by atoms with Crippen LogP contribution < -0.4 is 10.2 Å². The Morgan fingerprint density at radius 3 is 3.24 bits per heavy atom. The molecule has 17 heavy (non-hydrogen) atoms. The van der Waals surface area contributed by atoms with E-state index in [1.54, 1.807) is 11.3 Å². The second-order valence-corrected chi connectivity index (χ2v) is 4.94. The highest BCUT2D eigenvalue weighted by molar-refractivity contribution is 7.13. The van der Waals surface area contributed by atoms with Crippen molar-refractivity contribution >= 4 is 22.4 Å². The van der Waals surface area contributed by atoms with Crippen molar-refractivity contribution in [1.82, 2.24) is 10.3 Å². The summed E-state index contributed by atoms with van der Waals surface area (Å²) in [6.45, 7) is 4.06. The second kappa shape index (κ2) is 5.97. The molecule has 0 spiro atoms. The van der Waals surface area contributed by atoms with Gasteiger partial charge in [-0.25, -0.2) is 4.98 Å². The third-order valence-electron chi connectivity index (χ3n) is 2.75. The normalized spacial score (nSPS) is 16.8. The molecule has 1 aromatic rings. The van der Waals surface area contributed by atoms with Crippen LogP contribution in [-0.2, 0) is 11.2 Å². The van der Waals surface area contributed by atoms with E-state index in [9.17, 15) is 4.79 Å². The highest BCUT2D eigenvalue weighted by Crippen LogP contribution is 2.21. The molecule has 5 nitrogen and oxygen atoms in total. The predicted molar refractivity (Wildman–Crippen MR) is 67.8 cm³/mol. The zero-order valence-corrected chi connectivity index (χ0v) is 10.5. The molecule has 0 radical (unpaired) electrons. The number of nitrogens with one attached hydrogen (secondary N) is 1. The lowest BCUT2D eigenvalue weighted by Crippen LogP contribution is -2.27. The molecule has 1 aromatic heterocycles. The van der Waals surface area contributed by atoms with Crippen LogP contribution in [0.1, 0.15) is 18.5 Å². The predicted octanol–water partition coefficient (Wildman–Crippen LogP) is 0.960. The average molecular weight is 255 g/mol. The van der Waals surface area contributed by atoms with Gasteiger partial charge in [-0.05, 0) is 13.0 Å². The van der Waals surface area contributed by atoms with Gasteiger partial charge in [0.2, 0.25) is 0 Å². The fraction of sp³-hybridized carbons (Fsp3) is 0.636. The summed E-state index contributed by atoms with van der Waals surface area (Å²) in [5.74, 6) is -0.765. The molecule has 2 N–H and O–H groups in total. The third kappa shape index (κ3) is 3.67. The van der Waals surface area contributed by atoms with Crippen LogP contribution in [-0.4, -0.2) is 42.2 Å². The minimum atomic E-state index is -0.765. The fourth-order valence-corrected chi connectivity index (χ4v) is 2.74. The van der Waals surface area contributed by atoms with Crippen molar-refractivity contribution in [2.45, 2.75) is 19.3 Å². The highest BCUT2D eigenvalue weighted by Gasteiger charge is 2.13. The van der Waals surface area contributed by atoms with Gasteiger partial charge in [0.25, 0.3) is 0 Å². The number of rotatable bonds is 4. The summed E-state index contributed by atoms with van der Waals surface area (Å²) in [7, 11) is 0. The molecular weight excluding hydrogens is 238 g/mol. The Balaban J connectivity index is 1.94. The van der Waals surface area contributed by atoms with Gasteiger partial charge in [-0.1, -0.05) is 0 Å². The number of hydrogen-bond acceptors (Lipinski definition) is 5. The molecule has 0 bridgehead atoms. The van der Waals surface area contributed by atoms with Crippen molar-refractivity contribution in [3.05, 3.63) is 11.1 Å². The van der Waals surface area contributed by atoms with E-state index in [0.717, 1.165) is 43.4 Å². The molecular formula is C11H17N3O2S. The molecule has 1 saturated heterocycles. The molecule has 2 rings (SSSR count). The smallest absolute Gasteiger partial charge is 0.303 e. The first-order valence-electron chi connectivity index (χ1n) is 5.87. The van der Waals surface area contributed by atoms with Crippen molar-refractivity contribution in [2.24, 2.45) is 0 Å². The van der Waals surface area contributed by atoms with Gasteiger partial charge < -0.3 is 15.3 Å². The van der Waals surface area contributed by atoms with Crippen LogP contribution in [0.25, 0.3) is 0 Å². The Bertz CT molecular complexity index is 373. The van der Waals surface area contributed by atoms with Gasteiger partial charge in [0.15, 0.2) is 5.13 Å². The molecule has 1 fully saturated rings. The SMILES string of the molecule is O=C(O)CCc1csc(N2CCCNCC2)n1. The fourth-order valence-electron chi connectivity index (χ4n) is 1.83. The molecule has 0 aromatic carbocycles. The maximum absolute atomic E-state index is 10.5. The van der Waals surface area contributed by atoms with Crippen LogP contribution in [0.2, 0.25) is 0 Å². The number of thiazole rings is 1. The molecule has 6 heteroatoms. The summed E-state index contributed by atoms with van der Waals surface area (Å²) in [6.07, 6.45) is 1.81. The number of carbonyl (C=O) groups is 1. The summed E-state index contributed by atoms with van der Waals surface area (Å²) in [5, 5.41) is 15.0. The molecule has 0 aliphatic carbocycles. The Kier molecular flexibility index (Phi) is 4.33. The molecule has 0 saturated carbocycles. The number of aliphatic carboxylic acids is 1. The Labute approximate surface area is 104 Å². The van der Waals surface area contributed by atoms with Gasteiger partial charge in [-0.2, -0.15) is 0 Å². The van der Waals surface area contributed by atoms with Crippen molar-refractivity contribution in [3.8, 4) is 0 Å². The van der Waals surface area contributed by atoms with Crippen LogP contribution >= 0.6 is 11.3 Å². The monoisotopic (exact) mass is 255 g/mol. The van der Waals surface area contributed by atoms with Crippen molar-refractivity contribution in [1.29, 1.82) is 0 Å². The average Bonchev–Trinajstić information content (AvgIpc) is 2.60. The first-order chi connectivity index (χ1) is 8.25. The lowest BCUT2D eigenvalue weighted by Gasteiger charge is -2.18. The topological polar surface area (TPSA) is 65.5 Å². The Hall–Kier alpha value is -1.14. The van der Waals surface area contributed by atoms with Crippen LogP contribution in [0.15, 0.2) is 5.38 Å². The van der Waals surface area contributed by atoms with E-state index in [-0.39, 0.29) is 6.42 Å². The number of nitrogens with zero attached hydrogens (tertiary/aromatic N) is 2. The lowest BCUT2D eigenvalue weighted by molar-refractivity contribution is -0.136. The number of carboxylic acids is 1. The van der Waals surface area contributed by atoms with E-state index in [4.69, 9.17) is 5.11 Å². The van der Waals surface area contributed by atoms with Crippen molar-refractivity contribution < 1.29 is 9.90 Å². The van der Waals surface area contributed by atoms with Crippen LogP contribution in [0.4, 0.5) is 5.13 Å². The third-order valence-corrected chi connectivity index (χ3v) is 3.70. The quantitative estimate of drug-likeness (QED) is 0.839. The molecule has 0 amide bonds. The number of anilines is 1. The highest BCUT2D eigenvalue weighted by atomic mass is 32.1. The van der Waals surface area contributed by atoms with Crippen molar-refractivity contribution in [3.63, 3.8) is 0 Å². The first-order valence-corrected chi connectivity index (χ1v) is 6.75. The maximum atomic E-state index is 10.5. The summed E-state index contributed by atoms with van der Waals surface area (Å²) in [4.78, 5) is 17.3. The number of aromatic nitrogens is 1. The van der Waals surface area contributed by atoms with E-state index >= 15 is 0 Å². The van der Waals surface area contributed by atoms with E-state index in [0.29, 0.717) is 6.42 Å². The standard InChI is InChI=1S/C11H17N3O2S/c15-10(16)3-2-9-8-17-11(13-9)14-6-1-4-12-5-7-14/h8,12H,1-7H2,(H,15,16). The van der Waals surface area contributed by atoms with Gasteiger partial charge in [0.1, 0.15) is 0 Å². The maximum Gasteiger partial charge on any atom is 0.303 e. The molecule has 0 atom stereocenters. The van der Waals surface area contributed by atoms with Gasteiger partial charge >= 0.3 is 5.97 Å². The second-order valence-electron chi connectivity index (χ2n) is 4.11. The Morgan fingerprint density at radius 1 is 1.53 bits per heavy atom. The van der Waals surface area contributed by atoms with Gasteiger partial charge in [0.05, 0.1) is 12.1 Å². The van der Waals surface area contributed by atoms with Crippen LogP contribution in [0.5, 0.6) is 0 Å².